The van der Waals surface area contributed by atoms with E-state index in [9.17, 15) is 4.79 Å². The molecule has 6 nitrogen and oxygen atoms in total. The molecule has 4 rings (SSSR count). The first-order valence-corrected chi connectivity index (χ1v) is 8.71. The van der Waals surface area contributed by atoms with Gasteiger partial charge in [-0.3, -0.25) is 9.48 Å². The molecule has 0 aliphatic rings. The Morgan fingerprint density at radius 1 is 1.15 bits per heavy atom. The van der Waals surface area contributed by atoms with Crippen LogP contribution in [0.25, 0.3) is 10.9 Å². The van der Waals surface area contributed by atoms with Gasteiger partial charge in [-0.2, -0.15) is 5.10 Å². The topological polar surface area (TPSA) is 61.1 Å². The van der Waals surface area contributed by atoms with E-state index in [1.807, 2.05) is 72.4 Å². The zero-order valence-corrected chi connectivity index (χ0v) is 15.0. The van der Waals surface area contributed by atoms with Crippen LogP contribution >= 0.6 is 0 Å². The van der Waals surface area contributed by atoms with Gasteiger partial charge in [-0.1, -0.05) is 30.3 Å². The number of nitrogens with one attached hydrogen (secondary N) is 1. The Morgan fingerprint density at radius 2 is 2.00 bits per heavy atom. The monoisotopic (exact) mass is 360 g/mol. The summed E-state index contributed by atoms with van der Waals surface area (Å²) in [5.41, 5.74) is 2.76. The van der Waals surface area contributed by atoms with Crippen molar-refractivity contribution in [3.05, 3.63) is 78.8 Å². The van der Waals surface area contributed by atoms with Gasteiger partial charge in [-0.05, 0) is 29.1 Å². The summed E-state index contributed by atoms with van der Waals surface area (Å²) in [6, 6.07) is 18.0. The third-order valence-electron chi connectivity index (χ3n) is 4.30. The maximum atomic E-state index is 12.3. The first kappa shape index (κ1) is 16.9. The summed E-state index contributed by atoms with van der Waals surface area (Å²) >= 11 is 0. The summed E-state index contributed by atoms with van der Waals surface area (Å²) in [6.07, 6.45) is 5.30. The molecule has 136 valence electrons. The second-order valence-electron chi connectivity index (χ2n) is 6.39. The van der Waals surface area contributed by atoms with Crippen molar-refractivity contribution in [2.75, 3.05) is 5.32 Å². The number of hydrogen-bond acceptors (Lipinski definition) is 3. The van der Waals surface area contributed by atoms with E-state index in [1.165, 1.54) is 0 Å². The molecule has 1 N–H and O–H groups in total. The third-order valence-corrected chi connectivity index (χ3v) is 4.30. The lowest BCUT2D eigenvalue weighted by Gasteiger charge is -2.09. The smallest absolute Gasteiger partial charge is 0.244 e. The van der Waals surface area contributed by atoms with Crippen molar-refractivity contribution >= 4 is 22.5 Å². The first-order chi connectivity index (χ1) is 13.2. The minimum atomic E-state index is -0.101. The van der Waals surface area contributed by atoms with E-state index in [2.05, 4.69) is 10.4 Å². The standard InChI is InChI=1S/C21H20N4O2/c1-24-13-18(12-22-24)23-21(26)14-25-10-9-17-7-8-19(11-20(17)25)27-15-16-5-3-2-4-6-16/h2-13H,14-15H2,1H3,(H,23,26). The van der Waals surface area contributed by atoms with Crippen molar-refractivity contribution in [1.29, 1.82) is 0 Å². The number of hydrogen-bond donors (Lipinski definition) is 1. The van der Waals surface area contributed by atoms with Crippen molar-refractivity contribution in [2.45, 2.75) is 13.2 Å². The van der Waals surface area contributed by atoms with E-state index in [-0.39, 0.29) is 12.5 Å². The van der Waals surface area contributed by atoms with Gasteiger partial charge >= 0.3 is 0 Å². The van der Waals surface area contributed by atoms with Crippen LogP contribution < -0.4 is 10.1 Å². The fraction of sp³-hybridized carbons (Fsp3) is 0.143. The highest BCUT2D eigenvalue weighted by Gasteiger charge is 2.09. The molecule has 0 saturated heterocycles. The molecule has 0 radical (unpaired) electrons. The largest absolute Gasteiger partial charge is 0.489 e. The van der Waals surface area contributed by atoms with Gasteiger partial charge in [0.15, 0.2) is 0 Å². The van der Waals surface area contributed by atoms with E-state index < -0.39 is 0 Å². The van der Waals surface area contributed by atoms with E-state index in [0.29, 0.717) is 12.3 Å². The molecule has 27 heavy (non-hydrogen) atoms. The fourth-order valence-electron chi connectivity index (χ4n) is 2.97. The van der Waals surface area contributed by atoms with Crippen LogP contribution in [0.2, 0.25) is 0 Å². The molecule has 1 amide bonds. The number of aryl methyl sites for hydroxylation is 1. The number of ether oxygens (including phenoxy) is 1. The zero-order valence-electron chi connectivity index (χ0n) is 15.0. The molecule has 2 aromatic heterocycles. The fourth-order valence-corrected chi connectivity index (χ4v) is 2.97. The number of carbonyl (C=O) groups is 1. The molecule has 2 aromatic carbocycles. The highest BCUT2D eigenvalue weighted by molar-refractivity contribution is 5.92. The number of benzene rings is 2. The number of carbonyl (C=O) groups excluding carboxylic acids is 1. The number of fused-ring (bicyclic) bond motifs is 1. The molecule has 0 bridgehead atoms. The Morgan fingerprint density at radius 3 is 2.78 bits per heavy atom. The number of amides is 1. The van der Waals surface area contributed by atoms with Gasteiger partial charge in [0.2, 0.25) is 5.91 Å². The molecule has 0 atom stereocenters. The average molecular weight is 360 g/mol. The maximum Gasteiger partial charge on any atom is 0.244 e. The summed E-state index contributed by atoms with van der Waals surface area (Å²) in [5, 5.41) is 7.97. The summed E-state index contributed by atoms with van der Waals surface area (Å²) in [6.45, 7) is 0.731. The lowest BCUT2D eigenvalue weighted by Crippen LogP contribution is -2.17. The predicted octanol–water partition coefficient (Wildman–Crippen LogP) is 3.59. The van der Waals surface area contributed by atoms with Crippen molar-refractivity contribution in [2.24, 2.45) is 7.05 Å². The first-order valence-electron chi connectivity index (χ1n) is 8.71. The van der Waals surface area contributed by atoms with Gasteiger partial charge < -0.3 is 14.6 Å². The summed E-state index contributed by atoms with van der Waals surface area (Å²) in [4.78, 5) is 12.3. The summed E-state index contributed by atoms with van der Waals surface area (Å²) in [5.74, 6) is 0.676. The highest BCUT2D eigenvalue weighted by atomic mass is 16.5. The quantitative estimate of drug-likeness (QED) is 0.572. The molecular weight excluding hydrogens is 340 g/mol. The zero-order chi connectivity index (χ0) is 18.6. The van der Waals surface area contributed by atoms with E-state index in [0.717, 1.165) is 22.2 Å². The van der Waals surface area contributed by atoms with Gasteiger partial charge in [0.05, 0.1) is 17.4 Å². The predicted molar refractivity (Wildman–Crippen MR) is 105 cm³/mol. The molecule has 2 heterocycles. The van der Waals surface area contributed by atoms with E-state index in [4.69, 9.17) is 4.74 Å². The lowest BCUT2D eigenvalue weighted by molar-refractivity contribution is -0.116. The molecular formula is C21H20N4O2. The van der Waals surface area contributed by atoms with Crippen LogP contribution in [0, 0.1) is 0 Å². The van der Waals surface area contributed by atoms with Crippen LogP contribution in [0.1, 0.15) is 5.56 Å². The Hall–Kier alpha value is -3.54. The second-order valence-corrected chi connectivity index (χ2v) is 6.39. The van der Waals surface area contributed by atoms with Gasteiger partial charge in [0.25, 0.3) is 0 Å². The van der Waals surface area contributed by atoms with Crippen LogP contribution in [-0.2, 0) is 25.0 Å². The second kappa shape index (κ2) is 7.37. The van der Waals surface area contributed by atoms with Crippen molar-refractivity contribution in [3.8, 4) is 5.75 Å². The van der Waals surface area contributed by atoms with Gasteiger partial charge in [-0.25, -0.2) is 0 Å². The summed E-state index contributed by atoms with van der Waals surface area (Å²) in [7, 11) is 1.81. The van der Waals surface area contributed by atoms with Crippen molar-refractivity contribution in [3.63, 3.8) is 0 Å². The highest BCUT2D eigenvalue weighted by Crippen LogP contribution is 2.23. The van der Waals surface area contributed by atoms with Crippen LogP contribution in [0.4, 0.5) is 5.69 Å². The number of nitrogens with zero attached hydrogens (tertiary/aromatic N) is 3. The Balaban J connectivity index is 1.47. The molecule has 0 unspecified atom stereocenters. The number of aromatic nitrogens is 3. The van der Waals surface area contributed by atoms with Gasteiger partial charge in [0.1, 0.15) is 18.9 Å². The molecule has 0 saturated carbocycles. The van der Waals surface area contributed by atoms with Crippen LogP contribution in [0.5, 0.6) is 5.75 Å². The SMILES string of the molecule is Cn1cc(NC(=O)Cn2ccc3ccc(OCc4ccccc4)cc32)cn1. The Labute approximate surface area is 157 Å². The van der Waals surface area contributed by atoms with Gasteiger partial charge in [0, 0.05) is 25.5 Å². The molecule has 0 aliphatic heterocycles. The van der Waals surface area contributed by atoms with E-state index in [1.54, 1.807) is 17.1 Å². The molecule has 4 aromatic rings. The molecule has 0 aliphatic carbocycles. The molecule has 0 spiro atoms. The minimum absolute atomic E-state index is 0.101. The molecule has 0 fully saturated rings. The van der Waals surface area contributed by atoms with E-state index >= 15 is 0 Å². The Bertz CT molecular complexity index is 1070. The van der Waals surface area contributed by atoms with Crippen LogP contribution in [-0.4, -0.2) is 20.3 Å². The van der Waals surface area contributed by atoms with Crippen molar-refractivity contribution in [1.82, 2.24) is 14.3 Å². The van der Waals surface area contributed by atoms with Crippen LogP contribution in [0.15, 0.2) is 73.2 Å². The molecule has 6 heteroatoms. The summed E-state index contributed by atoms with van der Waals surface area (Å²) < 4.78 is 9.47. The lowest BCUT2D eigenvalue weighted by atomic mass is 10.2. The maximum absolute atomic E-state index is 12.3. The number of anilines is 1. The van der Waals surface area contributed by atoms with Crippen molar-refractivity contribution < 1.29 is 9.53 Å². The minimum Gasteiger partial charge on any atom is -0.489 e. The third kappa shape index (κ3) is 4.00. The Kier molecular flexibility index (Phi) is 4.61. The van der Waals surface area contributed by atoms with Crippen LogP contribution in [0.3, 0.4) is 0 Å². The van der Waals surface area contributed by atoms with Gasteiger partial charge in [-0.15, -0.1) is 0 Å². The number of rotatable bonds is 6. The normalized spacial score (nSPS) is 10.9. The average Bonchev–Trinajstić information content (AvgIpc) is 3.27.